The maximum absolute atomic E-state index is 12.9. The highest BCUT2D eigenvalue weighted by molar-refractivity contribution is 7.91. The maximum Gasteiger partial charge on any atom is 0.221 e. The number of hydrogen-bond acceptors (Lipinski definition) is 5. The highest BCUT2D eigenvalue weighted by atomic mass is 32.2. The van der Waals surface area contributed by atoms with Gasteiger partial charge in [-0.2, -0.15) is 0 Å². The molecule has 2 aromatic carbocycles. The van der Waals surface area contributed by atoms with Gasteiger partial charge in [-0.1, -0.05) is 0 Å². The molecule has 0 unspecified atom stereocenters. The normalized spacial score (nSPS) is 12.3. The lowest BCUT2D eigenvalue weighted by molar-refractivity contribution is -0.121. The zero-order chi connectivity index (χ0) is 20.0. The van der Waals surface area contributed by atoms with E-state index in [4.69, 9.17) is 9.47 Å². The Bertz CT molecular complexity index is 897. The lowest BCUT2D eigenvalue weighted by Crippen LogP contribution is -2.28. The fraction of sp³-hybridized carbons (Fsp3) is 0.316. The number of hydrogen-bond donors (Lipinski definition) is 1. The van der Waals surface area contributed by atoms with E-state index in [1.807, 2.05) is 0 Å². The molecule has 1 amide bonds. The molecular weight excluding hydrogens is 373 g/mol. The molecule has 0 aliphatic rings. The summed E-state index contributed by atoms with van der Waals surface area (Å²) in [5.74, 6) is -0.106. The van der Waals surface area contributed by atoms with E-state index in [0.29, 0.717) is 17.1 Å². The van der Waals surface area contributed by atoms with Crippen LogP contribution in [0, 0.1) is 5.82 Å². The number of benzene rings is 2. The average molecular weight is 395 g/mol. The summed E-state index contributed by atoms with van der Waals surface area (Å²) in [5, 5.41) is 2.76. The molecule has 2 rings (SSSR count). The van der Waals surface area contributed by atoms with Gasteiger partial charge < -0.3 is 14.8 Å². The first kappa shape index (κ1) is 20.7. The van der Waals surface area contributed by atoms with Gasteiger partial charge >= 0.3 is 0 Å². The maximum atomic E-state index is 12.9. The molecule has 0 aliphatic heterocycles. The number of methoxy groups -OCH3 is 2. The van der Waals surface area contributed by atoms with E-state index in [2.05, 4.69) is 5.32 Å². The van der Waals surface area contributed by atoms with Crippen LogP contribution in [0.2, 0.25) is 0 Å². The molecule has 146 valence electrons. The standard InChI is InChI=1S/C19H22FNO5S/c1-13(17-12-15(25-2)6-9-18(17)26-3)21-19(22)10-11-27(23,24)16-7-4-14(20)5-8-16/h4-9,12-13H,10-11H2,1-3H3,(H,21,22)/t13-/m0/s1. The zero-order valence-electron chi connectivity index (χ0n) is 15.4. The predicted octanol–water partition coefficient (Wildman–Crippen LogP) is 2.88. The summed E-state index contributed by atoms with van der Waals surface area (Å²) in [6.07, 6.45) is -0.212. The van der Waals surface area contributed by atoms with Crippen LogP contribution in [0.5, 0.6) is 11.5 Å². The second-order valence-electron chi connectivity index (χ2n) is 5.92. The summed E-state index contributed by atoms with van der Waals surface area (Å²) in [7, 11) is -0.608. The van der Waals surface area contributed by atoms with Crippen molar-refractivity contribution in [2.45, 2.75) is 24.3 Å². The molecule has 1 atom stereocenters. The van der Waals surface area contributed by atoms with Crippen molar-refractivity contribution < 1.29 is 27.1 Å². The lowest BCUT2D eigenvalue weighted by atomic mass is 10.1. The minimum atomic E-state index is -3.67. The third-order valence-electron chi connectivity index (χ3n) is 4.05. The van der Waals surface area contributed by atoms with Crippen molar-refractivity contribution >= 4 is 15.7 Å². The Morgan fingerprint density at radius 2 is 1.78 bits per heavy atom. The number of amides is 1. The molecule has 0 aromatic heterocycles. The molecular formula is C19H22FNO5S. The Hall–Kier alpha value is -2.61. The molecule has 27 heavy (non-hydrogen) atoms. The minimum Gasteiger partial charge on any atom is -0.497 e. The highest BCUT2D eigenvalue weighted by Gasteiger charge is 2.19. The molecule has 0 spiro atoms. The number of ether oxygens (including phenoxy) is 2. The fourth-order valence-electron chi connectivity index (χ4n) is 2.56. The summed E-state index contributed by atoms with van der Waals surface area (Å²) < 4.78 is 47.9. The molecule has 0 heterocycles. The molecule has 0 bridgehead atoms. The van der Waals surface area contributed by atoms with Crippen molar-refractivity contribution in [3.63, 3.8) is 0 Å². The van der Waals surface area contributed by atoms with E-state index >= 15 is 0 Å². The Balaban J connectivity index is 2.02. The highest BCUT2D eigenvalue weighted by Crippen LogP contribution is 2.29. The monoisotopic (exact) mass is 395 g/mol. The van der Waals surface area contributed by atoms with E-state index in [0.717, 1.165) is 12.1 Å². The van der Waals surface area contributed by atoms with Crippen molar-refractivity contribution in [3.8, 4) is 11.5 Å². The van der Waals surface area contributed by atoms with Crippen LogP contribution in [0.4, 0.5) is 4.39 Å². The third-order valence-corrected chi connectivity index (χ3v) is 5.78. The quantitative estimate of drug-likeness (QED) is 0.695. The van der Waals surface area contributed by atoms with Gasteiger partial charge in [0.25, 0.3) is 0 Å². The van der Waals surface area contributed by atoms with E-state index in [1.54, 1.807) is 25.1 Å². The Labute approximate surface area is 158 Å². The second-order valence-corrected chi connectivity index (χ2v) is 8.03. The van der Waals surface area contributed by atoms with Gasteiger partial charge in [0.15, 0.2) is 9.84 Å². The van der Waals surface area contributed by atoms with Crippen molar-refractivity contribution in [1.82, 2.24) is 5.32 Å². The van der Waals surface area contributed by atoms with Crippen molar-refractivity contribution in [2.24, 2.45) is 0 Å². The smallest absolute Gasteiger partial charge is 0.221 e. The summed E-state index contributed by atoms with van der Waals surface area (Å²) in [6.45, 7) is 1.77. The van der Waals surface area contributed by atoms with E-state index in [9.17, 15) is 17.6 Å². The van der Waals surface area contributed by atoms with Crippen LogP contribution >= 0.6 is 0 Å². The topological polar surface area (TPSA) is 81.7 Å². The van der Waals surface area contributed by atoms with Crippen LogP contribution in [-0.4, -0.2) is 34.3 Å². The molecule has 0 saturated heterocycles. The summed E-state index contributed by atoms with van der Waals surface area (Å²) in [6, 6.07) is 9.34. The Kier molecular flexibility index (Phi) is 6.79. The van der Waals surface area contributed by atoms with Crippen LogP contribution in [0.15, 0.2) is 47.4 Å². The first-order valence-electron chi connectivity index (χ1n) is 8.26. The van der Waals surface area contributed by atoms with Gasteiger partial charge in [0, 0.05) is 12.0 Å². The molecule has 0 radical (unpaired) electrons. The van der Waals surface area contributed by atoms with Crippen LogP contribution in [0.1, 0.15) is 24.9 Å². The number of halogens is 1. The van der Waals surface area contributed by atoms with Crippen LogP contribution in [0.25, 0.3) is 0 Å². The van der Waals surface area contributed by atoms with Gasteiger partial charge in [0.2, 0.25) is 5.91 Å². The summed E-state index contributed by atoms with van der Waals surface area (Å²) in [4.78, 5) is 12.2. The van der Waals surface area contributed by atoms with E-state index < -0.39 is 27.6 Å². The van der Waals surface area contributed by atoms with Gasteiger partial charge in [-0.15, -0.1) is 0 Å². The average Bonchev–Trinajstić information content (AvgIpc) is 2.66. The fourth-order valence-corrected chi connectivity index (χ4v) is 3.80. The van der Waals surface area contributed by atoms with Crippen molar-refractivity contribution in [2.75, 3.05) is 20.0 Å². The van der Waals surface area contributed by atoms with Crippen LogP contribution in [-0.2, 0) is 14.6 Å². The molecule has 6 nitrogen and oxygen atoms in total. The minimum absolute atomic E-state index is 0.0146. The van der Waals surface area contributed by atoms with E-state index in [-0.39, 0.29) is 17.1 Å². The number of nitrogens with one attached hydrogen (secondary N) is 1. The van der Waals surface area contributed by atoms with Crippen molar-refractivity contribution in [1.29, 1.82) is 0 Å². The van der Waals surface area contributed by atoms with Gasteiger partial charge in [-0.05, 0) is 49.4 Å². The Morgan fingerprint density at radius 3 is 2.37 bits per heavy atom. The molecule has 2 aromatic rings. The largest absolute Gasteiger partial charge is 0.497 e. The third kappa shape index (κ3) is 5.43. The molecule has 0 saturated carbocycles. The van der Waals surface area contributed by atoms with Gasteiger partial charge in [-0.25, -0.2) is 12.8 Å². The molecule has 0 aliphatic carbocycles. The number of sulfone groups is 1. The van der Waals surface area contributed by atoms with Crippen LogP contribution < -0.4 is 14.8 Å². The number of carbonyl (C=O) groups excluding carboxylic acids is 1. The molecule has 8 heteroatoms. The zero-order valence-corrected chi connectivity index (χ0v) is 16.2. The van der Waals surface area contributed by atoms with Crippen LogP contribution in [0.3, 0.4) is 0 Å². The Morgan fingerprint density at radius 1 is 1.11 bits per heavy atom. The van der Waals surface area contributed by atoms with Crippen molar-refractivity contribution in [3.05, 3.63) is 53.8 Å². The van der Waals surface area contributed by atoms with E-state index in [1.165, 1.54) is 26.4 Å². The molecule has 0 fully saturated rings. The summed E-state index contributed by atoms with van der Waals surface area (Å²) in [5.41, 5.74) is 0.714. The summed E-state index contributed by atoms with van der Waals surface area (Å²) >= 11 is 0. The molecule has 1 N–H and O–H groups in total. The van der Waals surface area contributed by atoms with Gasteiger partial charge in [-0.3, -0.25) is 4.79 Å². The predicted molar refractivity (Wildman–Crippen MR) is 99.2 cm³/mol. The lowest BCUT2D eigenvalue weighted by Gasteiger charge is -2.18. The van der Waals surface area contributed by atoms with Gasteiger partial charge in [0.05, 0.1) is 30.9 Å². The first-order valence-corrected chi connectivity index (χ1v) is 9.91. The van der Waals surface area contributed by atoms with Gasteiger partial charge in [0.1, 0.15) is 17.3 Å². The first-order chi connectivity index (χ1) is 12.8. The SMILES string of the molecule is COc1ccc(OC)c([C@H](C)NC(=O)CCS(=O)(=O)c2ccc(F)cc2)c1. The second kappa shape index (κ2) is 8.85. The number of carbonyl (C=O) groups is 1. The number of rotatable bonds is 8.